The highest BCUT2D eigenvalue weighted by Crippen LogP contribution is 2.18. The first-order valence-corrected chi connectivity index (χ1v) is 9.39. The molecule has 5 nitrogen and oxygen atoms in total. The zero-order chi connectivity index (χ0) is 19.1. The maximum absolute atomic E-state index is 13.1. The Balaban J connectivity index is 1.49. The van der Waals surface area contributed by atoms with Crippen LogP contribution in [-0.4, -0.2) is 50.1 Å². The predicted molar refractivity (Wildman–Crippen MR) is 106 cm³/mol. The van der Waals surface area contributed by atoms with E-state index in [0.717, 1.165) is 49.7 Å². The maximum atomic E-state index is 13.1. The van der Waals surface area contributed by atoms with Gasteiger partial charge in [0, 0.05) is 37.6 Å². The van der Waals surface area contributed by atoms with Crippen LogP contribution in [-0.2, 0) is 4.79 Å². The van der Waals surface area contributed by atoms with Crippen LogP contribution in [0.15, 0.2) is 48.5 Å². The number of nitrogens with one attached hydrogen (secondary N) is 1. The van der Waals surface area contributed by atoms with Crippen molar-refractivity contribution in [1.82, 2.24) is 4.90 Å². The number of halogens is 1. The molecular formula is C21H26FN3O2. The van der Waals surface area contributed by atoms with Crippen molar-refractivity contribution in [3.05, 3.63) is 54.3 Å². The lowest BCUT2D eigenvalue weighted by Crippen LogP contribution is -2.36. The molecule has 0 bridgehead atoms. The van der Waals surface area contributed by atoms with Crippen molar-refractivity contribution in [2.75, 3.05) is 49.5 Å². The number of hydrogen-bond acceptors (Lipinski definition) is 4. The summed E-state index contributed by atoms with van der Waals surface area (Å²) in [6.07, 6.45) is 0.966. The van der Waals surface area contributed by atoms with Crippen molar-refractivity contribution in [2.45, 2.75) is 13.3 Å². The van der Waals surface area contributed by atoms with Gasteiger partial charge in [-0.2, -0.15) is 0 Å². The largest absolute Gasteiger partial charge is 0.494 e. The van der Waals surface area contributed by atoms with Crippen LogP contribution in [0.2, 0.25) is 0 Å². The van der Waals surface area contributed by atoms with Gasteiger partial charge in [-0.15, -0.1) is 0 Å². The molecular weight excluding hydrogens is 345 g/mol. The molecule has 0 spiro atoms. The molecule has 1 heterocycles. The number of rotatable bonds is 6. The van der Waals surface area contributed by atoms with Gasteiger partial charge in [-0.3, -0.25) is 9.69 Å². The van der Waals surface area contributed by atoms with Gasteiger partial charge in [-0.1, -0.05) is 0 Å². The smallest absolute Gasteiger partial charge is 0.238 e. The molecule has 6 heteroatoms. The minimum atomic E-state index is -0.221. The molecule has 1 saturated heterocycles. The van der Waals surface area contributed by atoms with Crippen LogP contribution >= 0.6 is 0 Å². The second-order valence-electron chi connectivity index (χ2n) is 6.60. The molecule has 1 aliphatic heterocycles. The summed E-state index contributed by atoms with van der Waals surface area (Å²) in [7, 11) is 0. The topological polar surface area (TPSA) is 44.8 Å². The molecule has 1 amide bonds. The summed E-state index contributed by atoms with van der Waals surface area (Å²) in [6.45, 7) is 6.32. The number of ether oxygens (including phenoxy) is 1. The summed E-state index contributed by atoms with van der Waals surface area (Å²) in [6, 6.07) is 14.0. The number of amides is 1. The van der Waals surface area contributed by atoms with Crippen molar-refractivity contribution < 1.29 is 13.9 Å². The van der Waals surface area contributed by atoms with Crippen molar-refractivity contribution >= 4 is 17.3 Å². The number of hydrogen-bond donors (Lipinski definition) is 1. The first-order valence-electron chi connectivity index (χ1n) is 9.39. The molecule has 2 aromatic carbocycles. The van der Waals surface area contributed by atoms with Crippen molar-refractivity contribution in [1.29, 1.82) is 0 Å². The van der Waals surface area contributed by atoms with E-state index in [1.165, 1.54) is 12.1 Å². The van der Waals surface area contributed by atoms with E-state index in [4.69, 9.17) is 4.74 Å². The zero-order valence-electron chi connectivity index (χ0n) is 15.7. The van der Waals surface area contributed by atoms with Crippen LogP contribution in [0.25, 0.3) is 0 Å². The van der Waals surface area contributed by atoms with E-state index in [1.54, 1.807) is 0 Å². The molecule has 2 aromatic rings. The molecule has 0 atom stereocenters. The van der Waals surface area contributed by atoms with Crippen LogP contribution in [0.3, 0.4) is 0 Å². The summed E-state index contributed by atoms with van der Waals surface area (Å²) in [5, 5.41) is 2.94. The van der Waals surface area contributed by atoms with Gasteiger partial charge in [0.15, 0.2) is 0 Å². The first-order chi connectivity index (χ1) is 13.1. The van der Waals surface area contributed by atoms with Gasteiger partial charge in [0.2, 0.25) is 5.91 Å². The summed E-state index contributed by atoms with van der Waals surface area (Å²) in [5.41, 5.74) is 1.79. The average molecular weight is 371 g/mol. The predicted octanol–water partition coefficient (Wildman–Crippen LogP) is 3.38. The van der Waals surface area contributed by atoms with Crippen LogP contribution in [0.1, 0.15) is 13.3 Å². The molecule has 0 saturated carbocycles. The molecule has 1 fully saturated rings. The third-order valence-electron chi connectivity index (χ3n) is 4.60. The monoisotopic (exact) mass is 371 g/mol. The molecule has 3 rings (SSSR count). The number of nitrogens with zero attached hydrogens (tertiary/aromatic N) is 2. The number of anilines is 2. The fourth-order valence-electron chi connectivity index (χ4n) is 3.24. The molecule has 0 aliphatic carbocycles. The highest BCUT2D eigenvalue weighted by atomic mass is 19.1. The van der Waals surface area contributed by atoms with Gasteiger partial charge in [0.1, 0.15) is 11.6 Å². The first kappa shape index (κ1) is 19.2. The molecule has 0 radical (unpaired) electrons. The van der Waals surface area contributed by atoms with E-state index >= 15 is 0 Å². The fourth-order valence-corrected chi connectivity index (χ4v) is 3.24. The summed E-state index contributed by atoms with van der Waals surface area (Å²) in [4.78, 5) is 16.8. The lowest BCUT2D eigenvalue weighted by atomic mass is 10.2. The Bertz CT molecular complexity index is 734. The van der Waals surface area contributed by atoms with E-state index in [-0.39, 0.29) is 11.7 Å². The van der Waals surface area contributed by atoms with Gasteiger partial charge < -0.3 is 15.0 Å². The van der Waals surface area contributed by atoms with Crippen LogP contribution < -0.4 is 15.0 Å². The minimum Gasteiger partial charge on any atom is -0.494 e. The molecule has 1 N–H and O–H groups in total. The molecule has 144 valence electrons. The quantitative estimate of drug-likeness (QED) is 0.846. The maximum Gasteiger partial charge on any atom is 0.238 e. The SMILES string of the molecule is CCOc1ccc(NC(=O)CN2CCCN(c3ccc(F)cc3)CC2)cc1. The Morgan fingerprint density at radius 1 is 1.04 bits per heavy atom. The lowest BCUT2D eigenvalue weighted by Gasteiger charge is -2.23. The molecule has 0 aromatic heterocycles. The van der Waals surface area contributed by atoms with E-state index in [0.29, 0.717) is 13.2 Å². The van der Waals surface area contributed by atoms with Gasteiger partial charge in [0.25, 0.3) is 0 Å². The van der Waals surface area contributed by atoms with Gasteiger partial charge in [0.05, 0.1) is 13.2 Å². The zero-order valence-corrected chi connectivity index (χ0v) is 15.7. The van der Waals surface area contributed by atoms with Crippen molar-refractivity contribution in [3.8, 4) is 5.75 Å². The number of carbonyl (C=O) groups is 1. The van der Waals surface area contributed by atoms with Crippen LogP contribution in [0.5, 0.6) is 5.75 Å². The van der Waals surface area contributed by atoms with E-state index < -0.39 is 0 Å². The molecule has 0 unspecified atom stereocenters. The van der Waals surface area contributed by atoms with E-state index in [9.17, 15) is 9.18 Å². The lowest BCUT2D eigenvalue weighted by molar-refractivity contribution is -0.117. The second-order valence-corrected chi connectivity index (χ2v) is 6.60. The summed E-state index contributed by atoms with van der Waals surface area (Å²) < 4.78 is 18.5. The summed E-state index contributed by atoms with van der Waals surface area (Å²) in [5.74, 6) is 0.555. The Morgan fingerprint density at radius 2 is 1.78 bits per heavy atom. The highest BCUT2D eigenvalue weighted by Gasteiger charge is 2.17. The average Bonchev–Trinajstić information content (AvgIpc) is 2.90. The Labute approximate surface area is 159 Å². The molecule has 1 aliphatic rings. The van der Waals surface area contributed by atoms with Gasteiger partial charge in [-0.05, 0) is 61.9 Å². The van der Waals surface area contributed by atoms with Crippen molar-refractivity contribution in [2.24, 2.45) is 0 Å². The number of carbonyl (C=O) groups excluding carboxylic acids is 1. The van der Waals surface area contributed by atoms with Crippen molar-refractivity contribution in [3.63, 3.8) is 0 Å². The Hall–Kier alpha value is -2.60. The van der Waals surface area contributed by atoms with Crippen LogP contribution in [0, 0.1) is 5.82 Å². The normalized spacial score (nSPS) is 15.3. The minimum absolute atomic E-state index is 0.0191. The van der Waals surface area contributed by atoms with Gasteiger partial charge in [-0.25, -0.2) is 4.39 Å². The highest BCUT2D eigenvalue weighted by molar-refractivity contribution is 5.92. The number of benzene rings is 2. The Morgan fingerprint density at radius 3 is 2.48 bits per heavy atom. The standard InChI is InChI=1S/C21H26FN3O2/c1-2-27-20-10-6-18(7-11-20)23-21(26)16-24-12-3-13-25(15-14-24)19-8-4-17(22)5-9-19/h4-11H,2-3,12-16H2,1H3,(H,23,26). The second kappa shape index (κ2) is 9.37. The third-order valence-corrected chi connectivity index (χ3v) is 4.60. The molecule has 27 heavy (non-hydrogen) atoms. The van der Waals surface area contributed by atoms with Gasteiger partial charge >= 0.3 is 0 Å². The van der Waals surface area contributed by atoms with E-state index in [2.05, 4.69) is 15.1 Å². The van der Waals surface area contributed by atoms with E-state index in [1.807, 2.05) is 43.3 Å². The fraction of sp³-hybridized carbons (Fsp3) is 0.381. The Kier molecular flexibility index (Phi) is 6.65. The summed E-state index contributed by atoms with van der Waals surface area (Å²) >= 11 is 0. The van der Waals surface area contributed by atoms with Crippen LogP contribution in [0.4, 0.5) is 15.8 Å². The third kappa shape index (κ3) is 5.69.